The van der Waals surface area contributed by atoms with Crippen LogP contribution in [0.2, 0.25) is 0 Å². The van der Waals surface area contributed by atoms with E-state index in [0.29, 0.717) is 18.7 Å². The Morgan fingerprint density at radius 1 is 1.40 bits per heavy atom. The lowest BCUT2D eigenvalue weighted by Gasteiger charge is -2.35. The first-order chi connectivity index (χ1) is 7.13. The van der Waals surface area contributed by atoms with Crippen LogP contribution < -0.4 is 5.32 Å². The molecule has 1 heterocycles. The molecule has 1 aliphatic heterocycles. The van der Waals surface area contributed by atoms with E-state index in [1.165, 1.54) is 0 Å². The molecule has 4 heteroatoms. The molecule has 0 aromatic rings. The van der Waals surface area contributed by atoms with Crippen molar-refractivity contribution in [2.45, 2.75) is 52.1 Å². The number of ether oxygens (including phenoxy) is 1. The van der Waals surface area contributed by atoms with Gasteiger partial charge in [-0.15, -0.1) is 0 Å². The molecule has 0 bridgehead atoms. The lowest BCUT2D eigenvalue weighted by molar-refractivity contribution is -0.195. The lowest BCUT2D eigenvalue weighted by Crippen LogP contribution is -2.48. The molecule has 90 valence electrons. The van der Waals surface area contributed by atoms with E-state index < -0.39 is 6.41 Å². The molecular formula is C11H24N2O2. The van der Waals surface area contributed by atoms with Gasteiger partial charge in [-0.05, 0) is 19.8 Å². The Labute approximate surface area is 92.6 Å². The Kier molecular flexibility index (Phi) is 5.53. The Balaban J connectivity index is 2.23. The van der Waals surface area contributed by atoms with Gasteiger partial charge in [0.05, 0.1) is 0 Å². The maximum atomic E-state index is 9.63. The molecule has 0 aromatic carbocycles. The summed E-state index contributed by atoms with van der Waals surface area (Å²) in [6.07, 6.45) is 1.46. The van der Waals surface area contributed by atoms with Crippen LogP contribution in [0.5, 0.6) is 0 Å². The number of aliphatic hydroxyl groups is 1. The van der Waals surface area contributed by atoms with Crippen LogP contribution in [0.1, 0.15) is 33.6 Å². The molecule has 0 radical (unpaired) electrons. The van der Waals surface area contributed by atoms with Crippen LogP contribution in [0, 0.1) is 0 Å². The minimum absolute atomic E-state index is 0.540. The molecule has 15 heavy (non-hydrogen) atoms. The molecule has 0 amide bonds. The average Bonchev–Trinajstić information content (AvgIpc) is 2.18. The van der Waals surface area contributed by atoms with Gasteiger partial charge in [0.1, 0.15) is 0 Å². The summed E-state index contributed by atoms with van der Waals surface area (Å²) in [5.74, 6) is 0. The van der Waals surface area contributed by atoms with Crippen molar-refractivity contribution in [2.75, 3.05) is 19.7 Å². The highest BCUT2D eigenvalue weighted by Crippen LogP contribution is 2.13. The van der Waals surface area contributed by atoms with E-state index in [9.17, 15) is 5.11 Å². The van der Waals surface area contributed by atoms with Gasteiger partial charge in [-0.25, -0.2) is 0 Å². The highest BCUT2D eigenvalue weighted by Gasteiger charge is 2.23. The van der Waals surface area contributed by atoms with E-state index in [-0.39, 0.29) is 0 Å². The molecule has 0 aliphatic carbocycles. The van der Waals surface area contributed by atoms with Gasteiger partial charge < -0.3 is 15.2 Å². The van der Waals surface area contributed by atoms with Crippen molar-refractivity contribution in [1.29, 1.82) is 0 Å². The van der Waals surface area contributed by atoms with E-state index >= 15 is 0 Å². The molecule has 1 unspecified atom stereocenters. The summed E-state index contributed by atoms with van der Waals surface area (Å²) in [6, 6.07) is 1.13. The third kappa shape index (κ3) is 4.47. The summed E-state index contributed by atoms with van der Waals surface area (Å²) in [4.78, 5) is 1.99. The maximum absolute atomic E-state index is 9.63. The molecule has 4 nitrogen and oxygen atoms in total. The summed E-state index contributed by atoms with van der Waals surface area (Å²) < 4.78 is 5.16. The standard InChI is InChI=1S/C11H24N2O2/c1-4-15-11(14)13-7-5-10(6-8-13)12-9(2)3/h9-12,14H,4-8H2,1-3H3. The Morgan fingerprint density at radius 3 is 2.47 bits per heavy atom. The first kappa shape index (κ1) is 12.9. The zero-order valence-corrected chi connectivity index (χ0v) is 10.1. The van der Waals surface area contributed by atoms with E-state index in [2.05, 4.69) is 19.2 Å². The van der Waals surface area contributed by atoms with Gasteiger partial charge in [0.2, 0.25) is 6.41 Å². The van der Waals surface area contributed by atoms with E-state index in [0.717, 1.165) is 25.9 Å². The molecule has 1 rings (SSSR count). The minimum atomic E-state index is -0.713. The van der Waals surface area contributed by atoms with Crippen LogP contribution in [0.3, 0.4) is 0 Å². The summed E-state index contributed by atoms with van der Waals surface area (Å²) in [5, 5.41) is 13.1. The Hall–Kier alpha value is -0.160. The fraction of sp³-hybridized carbons (Fsp3) is 1.00. The number of hydrogen-bond donors (Lipinski definition) is 2. The Morgan fingerprint density at radius 2 is 2.00 bits per heavy atom. The topological polar surface area (TPSA) is 44.7 Å². The van der Waals surface area contributed by atoms with Crippen LogP contribution in [0.4, 0.5) is 0 Å². The summed E-state index contributed by atoms with van der Waals surface area (Å²) in [7, 11) is 0. The van der Waals surface area contributed by atoms with Gasteiger partial charge in [-0.1, -0.05) is 13.8 Å². The smallest absolute Gasteiger partial charge is 0.216 e. The number of nitrogens with one attached hydrogen (secondary N) is 1. The van der Waals surface area contributed by atoms with E-state index in [1.54, 1.807) is 0 Å². The van der Waals surface area contributed by atoms with Crippen molar-refractivity contribution in [1.82, 2.24) is 10.2 Å². The first-order valence-electron chi connectivity index (χ1n) is 5.93. The third-order valence-electron chi connectivity index (χ3n) is 2.73. The van der Waals surface area contributed by atoms with Crippen LogP contribution in [-0.4, -0.2) is 48.2 Å². The zero-order chi connectivity index (χ0) is 11.3. The molecule has 1 atom stereocenters. The van der Waals surface area contributed by atoms with Gasteiger partial charge in [0, 0.05) is 31.8 Å². The van der Waals surface area contributed by atoms with Crippen LogP contribution in [-0.2, 0) is 4.74 Å². The van der Waals surface area contributed by atoms with Crippen molar-refractivity contribution in [3.05, 3.63) is 0 Å². The minimum Gasteiger partial charge on any atom is -0.356 e. The largest absolute Gasteiger partial charge is 0.356 e. The summed E-state index contributed by atoms with van der Waals surface area (Å²) in [6.45, 7) is 8.61. The number of hydrogen-bond acceptors (Lipinski definition) is 4. The van der Waals surface area contributed by atoms with Crippen molar-refractivity contribution in [3.8, 4) is 0 Å². The second-order valence-corrected chi connectivity index (χ2v) is 4.41. The van der Waals surface area contributed by atoms with Gasteiger partial charge in [-0.2, -0.15) is 0 Å². The SMILES string of the molecule is CCOC(O)N1CCC(NC(C)C)CC1. The highest BCUT2D eigenvalue weighted by atomic mass is 16.6. The van der Waals surface area contributed by atoms with Crippen molar-refractivity contribution < 1.29 is 9.84 Å². The summed E-state index contributed by atoms with van der Waals surface area (Å²) in [5.41, 5.74) is 0. The number of rotatable bonds is 5. The normalized spacial score (nSPS) is 22.2. The van der Waals surface area contributed by atoms with E-state index in [4.69, 9.17) is 4.74 Å². The second-order valence-electron chi connectivity index (χ2n) is 4.41. The number of nitrogens with zero attached hydrogens (tertiary/aromatic N) is 1. The maximum Gasteiger partial charge on any atom is 0.216 e. The molecule has 0 aromatic heterocycles. The van der Waals surface area contributed by atoms with Crippen molar-refractivity contribution >= 4 is 0 Å². The molecule has 1 fully saturated rings. The van der Waals surface area contributed by atoms with Gasteiger partial charge in [0.25, 0.3) is 0 Å². The molecule has 1 aliphatic rings. The van der Waals surface area contributed by atoms with Crippen molar-refractivity contribution in [2.24, 2.45) is 0 Å². The van der Waals surface area contributed by atoms with E-state index in [1.807, 2.05) is 11.8 Å². The fourth-order valence-electron chi connectivity index (χ4n) is 2.01. The molecule has 0 saturated carbocycles. The summed E-state index contributed by atoms with van der Waals surface area (Å²) >= 11 is 0. The molecule has 0 spiro atoms. The zero-order valence-electron chi connectivity index (χ0n) is 10.1. The monoisotopic (exact) mass is 216 g/mol. The number of likely N-dealkylation sites (tertiary alicyclic amines) is 1. The number of aliphatic hydroxyl groups excluding tert-OH is 1. The van der Waals surface area contributed by atoms with Gasteiger partial charge >= 0.3 is 0 Å². The molecule has 2 N–H and O–H groups in total. The molecule has 1 saturated heterocycles. The van der Waals surface area contributed by atoms with Gasteiger partial charge in [0.15, 0.2) is 0 Å². The van der Waals surface area contributed by atoms with Gasteiger partial charge in [-0.3, -0.25) is 4.90 Å². The predicted octanol–water partition coefficient (Wildman–Crippen LogP) is 0.761. The number of piperidine rings is 1. The van der Waals surface area contributed by atoms with Crippen molar-refractivity contribution in [3.63, 3.8) is 0 Å². The fourth-order valence-corrected chi connectivity index (χ4v) is 2.01. The average molecular weight is 216 g/mol. The second kappa shape index (κ2) is 6.43. The third-order valence-corrected chi connectivity index (χ3v) is 2.73. The lowest BCUT2D eigenvalue weighted by atomic mass is 10.0. The van der Waals surface area contributed by atoms with Crippen LogP contribution >= 0.6 is 0 Å². The van der Waals surface area contributed by atoms with Crippen LogP contribution in [0.25, 0.3) is 0 Å². The predicted molar refractivity (Wildman–Crippen MR) is 60.5 cm³/mol. The first-order valence-corrected chi connectivity index (χ1v) is 5.93. The van der Waals surface area contributed by atoms with Crippen LogP contribution in [0.15, 0.2) is 0 Å². The Bertz CT molecular complexity index is 168. The highest BCUT2D eigenvalue weighted by molar-refractivity contribution is 4.77. The molecular weight excluding hydrogens is 192 g/mol. The quantitative estimate of drug-likeness (QED) is 0.666.